The summed E-state index contributed by atoms with van der Waals surface area (Å²) in [5.41, 5.74) is 2.15. The SMILES string of the molecule is COCc1cc(CNC(=O)c2coc(CN3CCOCC3)c2)[nH]n1. The lowest BCUT2D eigenvalue weighted by Crippen LogP contribution is -2.35. The zero-order chi connectivity index (χ0) is 16.8. The molecule has 3 heterocycles. The number of aromatic nitrogens is 2. The van der Waals surface area contributed by atoms with Gasteiger partial charge >= 0.3 is 0 Å². The number of carbonyl (C=O) groups excluding carboxylic acids is 1. The van der Waals surface area contributed by atoms with E-state index in [9.17, 15) is 4.79 Å². The Morgan fingerprint density at radius 3 is 3.04 bits per heavy atom. The molecule has 0 unspecified atom stereocenters. The number of amides is 1. The van der Waals surface area contributed by atoms with Gasteiger partial charge in [-0.1, -0.05) is 0 Å². The van der Waals surface area contributed by atoms with Gasteiger partial charge in [0, 0.05) is 20.2 Å². The Morgan fingerprint density at radius 1 is 1.42 bits per heavy atom. The lowest BCUT2D eigenvalue weighted by Gasteiger charge is -2.25. The van der Waals surface area contributed by atoms with Gasteiger partial charge in [0.25, 0.3) is 5.91 Å². The number of morpholine rings is 1. The number of hydrogen-bond donors (Lipinski definition) is 2. The number of methoxy groups -OCH3 is 1. The van der Waals surface area contributed by atoms with Crippen molar-refractivity contribution in [3.8, 4) is 0 Å². The topological polar surface area (TPSA) is 92.6 Å². The molecule has 0 saturated carbocycles. The molecule has 1 aliphatic heterocycles. The molecule has 24 heavy (non-hydrogen) atoms. The minimum absolute atomic E-state index is 0.171. The van der Waals surface area contributed by atoms with Gasteiger partial charge in [0.05, 0.1) is 49.9 Å². The third-order valence-corrected chi connectivity index (χ3v) is 3.81. The fourth-order valence-electron chi connectivity index (χ4n) is 2.56. The Labute approximate surface area is 140 Å². The highest BCUT2D eigenvalue weighted by atomic mass is 16.5. The van der Waals surface area contributed by atoms with Crippen LogP contribution in [0.5, 0.6) is 0 Å². The van der Waals surface area contributed by atoms with Crippen molar-refractivity contribution < 1.29 is 18.7 Å². The highest BCUT2D eigenvalue weighted by Gasteiger charge is 2.15. The van der Waals surface area contributed by atoms with Gasteiger partial charge in [0.2, 0.25) is 0 Å². The van der Waals surface area contributed by atoms with Gasteiger partial charge in [-0.3, -0.25) is 14.8 Å². The summed E-state index contributed by atoms with van der Waals surface area (Å²) in [6.45, 7) is 4.75. The average Bonchev–Trinajstić information content (AvgIpc) is 3.24. The molecule has 1 fully saturated rings. The van der Waals surface area contributed by atoms with Gasteiger partial charge in [-0.15, -0.1) is 0 Å². The van der Waals surface area contributed by atoms with Crippen LogP contribution in [0.4, 0.5) is 0 Å². The maximum Gasteiger partial charge on any atom is 0.254 e. The highest BCUT2D eigenvalue weighted by molar-refractivity contribution is 5.93. The highest BCUT2D eigenvalue weighted by Crippen LogP contribution is 2.12. The Balaban J connectivity index is 1.49. The molecule has 0 bridgehead atoms. The Morgan fingerprint density at radius 2 is 2.25 bits per heavy atom. The molecule has 3 rings (SSSR count). The summed E-state index contributed by atoms with van der Waals surface area (Å²) in [6, 6.07) is 3.65. The number of nitrogens with zero attached hydrogens (tertiary/aromatic N) is 2. The number of carbonyl (C=O) groups is 1. The zero-order valence-corrected chi connectivity index (χ0v) is 13.7. The summed E-state index contributed by atoms with van der Waals surface area (Å²) in [4.78, 5) is 14.4. The predicted molar refractivity (Wildman–Crippen MR) is 85.3 cm³/mol. The van der Waals surface area contributed by atoms with Gasteiger partial charge in [-0.2, -0.15) is 5.10 Å². The molecule has 8 heteroatoms. The molecule has 0 radical (unpaired) electrons. The van der Waals surface area contributed by atoms with E-state index in [1.54, 1.807) is 13.2 Å². The van der Waals surface area contributed by atoms with Crippen molar-refractivity contribution in [3.05, 3.63) is 41.1 Å². The first kappa shape index (κ1) is 16.7. The maximum atomic E-state index is 12.2. The fraction of sp³-hybridized carbons (Fsp3) is 0.500. The number of hydrogen-bond acceptors (Lipinski definition) is 6. The minimum atomic E-state index is -0.171. The van der Waals surface area contributed by atoms with Gasteiger partial charge in [0.15, 0.2) is 0 Å². The second-order valence-electron chi connectivity index (χ2n) is 5.69. The standard InChI is InChI=1S/C16H22N4O4/c1-22-11-14-7-13(18-19-14)8-17-16(21)12-6-15(24-10-12)9-20-2-4-23-5-3-20/h6-7,10H,2-5,8-9,11H2,1H3,(H,17,21)(H,18,19). The largest absolute Gasteiger partial charge is 0.467 e. The first-order valence-electron chi connectivity index (χ1n) is 7.92. The quantitative estimate of drug-likeness (QED) is 0.782. The summed E-state index contributed by atoms with van der Waals surface area (Å²) in [6.07, 6.45) is 1.49. The molecule has 1 saturated heterocycles. The number of furan rings is 1. The second-order valence-corrected chi connectivity index (χ2v) is 5.69. The van der Waals surface area contributed by atoms with Crippen molar-refractivity contribution in [2.45, 2.75) is 19.7 Å². The van der Waals surface area contributed by atoms with E-state index in [1.807, 2.05) is 6.07 Å². The summed E-state index contributed by atoms with van der Waals surface area (Å²) in [7, 11) is 1.61. The van der Waals surface area contributed by atoms with Gasteiger partial charge in [-0.25, -0.2) is 0 Å². The Hall–Kier alpha value is -2.16. The molecule has 1 aliphatic rings. The lowest BCUT2D eigenvalue weighted by atomic mass is 10.2. The molecule has 2 aromatic rings. The van der Waals surface area contributed by atoms with E-state index in [-0.39, 0.29) is 5.91 Å². The van der Waals surface area contributed by atoms with Crippen molar-refractivity contribution >= 4 is 5.91 Å². The van der Waals surface area contributed by atoms with Crippen LogP contribution in [-0.4, -0.2) is 54.4 Å². The van der Waals surface area contributed by atoms with Crippen molar-refractivity contribution in [3.63, 3.8) is 0 Å². The number of ether oxygens (including phenoxy) is 2. The normalized spacial score (nSPS) is 15.5. The molecule has 2 N–H and O–H groups in total. The molecule has 1 amide bonds. The van der Waals surface area contributed by atoms with Crippen molar-refractivity contribution in [1.29, 1.82) is 0 Å². The van der Waals surface area contributed by atoms with Crippen LogP contribution < -0.4 is 5.32 Å². The van der Waals surface area contributed by atoms with Crippen molar-refractivity contribution in [2.24, 2.45) is 0 Å². The van der Waals surface area contributed by atoms with E-state index in [2.05, 4.69) is 20.4 Å². The van der Waals surface area contributed by atoms with Crippen LogP contribution in [0.25, 0.3) is 0 Å². The van der Waals surface area contributed by atoms with E-state index >= 15 is 0 Å². The minimum Gasteiger partial charge on any atom is -0.467 e. The third-order valence-electron chi connectivity index (χ3n) is 3.81. The molecule has 0 spiro atoms. The van der Waals surface area contributed by atoms with E-state index in [4.69, 9.17) is 13.9 Å². The van der Waals surface area contributed by atoms with Crippen molar-refractivity contribution in [1.82, 2.24) is 20.4 Å². The average molecular weight is 334 g/mol. The Kier molecular flexibility index (Phi) is 5.63. The first-order chi connectivity index (χ1) is 11.7. The molecule has 2 aromatic heterocycles. The predicted octanol–water partition coefficient (Wildman–Crippen LogP) is 0.911. The zero-order valence-electron chi connectivity index (χ0n) is 13.7. The monoisotopic (exact) mass is 334 g/mol. The van der Waals surface area contributed by atoms with Gasteiger partial charge in [0.1, 0.15) is 12.0 Å². The van der Waals surface area contributed by atoms with Crippen LogP contribution in [0.2, 0.25) is 0 Å². The van der Waals surface area contributed by atoms with E-state index in [0.717, 1.165) is 43.5 Å². The Bertz CT molecular complexity index is 661. The number of rotatable bonds is 7. The molecular weight excluding hydrogens is 312 g/mol. The summed E-state index contributed by atoms with van der Waals surface area (Å²) in [5, 5.41) is 9.80. The molecule has 0 aromatic carbocycles. The van der Waals surface area contributed by atoms with Gasteiger partial charge < -0.3 is 19.2 Å². The van der Waals surface area contributed by atoms with Crippen LogP contribution in [0.1, 0.15) is 27.5 Å². The number of H-pyrrole nitrogens is 1. The summed E-state index contributed by atoms with van der Waals surface area (Å²) in [5.74, 6) is 0.612. The smallest absolute Gasteiger partial charge is 0.254 e. The van der Waals surface area contributed by atoms with Crippen molar-refractivity contribution in [2.75, 3.05) is 33.4 Å². The first-order valence-corrected chi connectivity index (χ1v) is 7.92. The number of nitrogens with one attached hydrogen (secondary N) is 2. The molecule has 8 nitrogen and oxygen atoms in total. The molecular formula is C16H22N4O4. The summed E-state index contributed by atoms with van der Waals surface area (Å²) < 4.78 is 15.8. The van der Waals surface area contributed by atoms with Crippen LogP contribution in [-0.2, 0) is 29.2 Å². The molecule has 130 valence electrons. The van der Waals surface area contributed by atoms with E-state index in [1.165, 1.54) is 6.26 Å². The van der Waals surface area contributed by atoms with Crippen LogP contribution in [0, 0.1) is 0 Å². The fourth-order valence-corrected chi connectivity index (χ4v) is 2.56. The summed E-state index contributed by atoms with van der Waals surface area (Å²) >= 11 is 0. The maximum absolute atomic E-state index is 12.2. The van der Waals surface area contributed by atoms with Gasteiger partial charge in [-0.05, 0) is 12.1 Å². The lowest BCUT2D eigenvalue weighted by molar-refractivity contribution is 0.0313. The second kappa shape index (κ2) is 8.09. The molecule has 0 aliphatic carbocycles. The third kappa shape index (κ3) is 4.44. The number of aromatic amines is 1. The van der Waals surface area contributed by atoms with Crippen LogP contribution in [0.3, 0.4) is 0 Å². The molecule has 0 atom stereocenters. The van der Waals surface area contributed by atoms with Crippen LogP contribution >= 0.6 is 0 Å². The van der Waals surface area contributed by atoms with E-state index < -0.39 is 0 Å². The van der Waals surface area contributed by atoms with E-state index in [0.29, 0.717) is 25.3 Å². The van der Waals surface area contributed by atoms with Crippen LogP contribution in [0.15, 0.2) is 22.8 Å².